The van der Waals surface area contributed by atoms with Crippen molar-refractivity contribution < 1.29 is 18.6 Å². The Morgan fingerprint density at radius 3 is 2.44 bits per heavy atom. The summed E-state index contributed by atoms with van der Waals surface area (Å²) >= 11 is -1.17. The smallest absolute Gasteiger partial charge is 0.336 e. The Balaban J connectivity index is 1.42. The Morgan fingerprint density at radius 2 is 1.65 bits per heavy atom. The van der Waals surface area contributed by atoms with Crippen molar-refractivity contribution in [3.05, 3.63) is 76.8 Å². The average molecular weight is 479 g/mol. The van der Waals surface area contributed by atoms with E-state index in [1.54, 1.807) is 0 Å². The molecule has 3 aromatic carbocycles. The lowest BCUT2D eigenvalue weighted by molar-refractivity contribution is -0.384. The SMILES string of the molecule is O=[N+]([O-])c1ccc(OC2=NC(Oc3cccc4ccccc34)=NS(OC3CCCCC3)=N2)cc1. The van der Waals surface area contributed by atoms with Gasteiger partial charge in [-0.3, -0.25) is 14.3 Å². The van der Waals surface area contributed by atoms with Gasteiger partial charge in [0.25, 0.3) is 5.69 Å². The highest BCUT2D eigenvalue weighted by Gasteiger charge is 2.21. The number of non-ortho nitro benzene ring substituents is 1. The maximum atomic E-state index is 10.9. The summed E-state index contributed by atoms with van der Waals surface area (Å²) < 4.78 is 26.9. The number of benzene rings is 3. The maximum Gasteiger partial charge on any atom is 0.336 e. The van der Waals surface area contributed by atoms with Gasteiger partial charge in [-0.2, -0.15) is 0 Å². The summed E-state index contributed by atoms with van der Waals surface area (Å²) in [5, 5.41) is 12.9. The van der Waals surface area contributed by atoms with E-state index < -0.39 is 16.1 Å². The van der Waals surface area contributed by atoms with Gasteiger partial charge in [0, 0.05) is 17.5 Å². The van der Waals surface area contributed by atoms with E-state index >= 15 is 0 Å². The summed E-state index contributed by atoms with van der Waals surface area (Å²) in [6.45, 7) is 0. The summed E-state index contributed by atoms with van der Waals surface area (Å²) in [5.74, 6) is 0.971. The molecular formula is C24H22N4O5S. The molecule has 0 N–H and O–H groups in total. The third kappa shape index (κ3) is 5.29. The van der Waals surface area contributed by atoms with Crippen molar-refractivity contribution >= 4 is 39.7 Å². The Bertz CT molecular complexity index is 1290. The molecule has 34 heavy (non-hydrogen) atoms. The number of nitro benzene ring substituents is 1. The maximum absolute atomic E-state index is 10.9. The Labute approximate surface area is 198 Å². The first-order chi connectivity index (χ1) is 16.6. The zero-order chi connectivity index (χ0) is 23.3. The molecule has 174 valence electrons. The Kier molecular flexibility index (Phi) is 6.59. The van der Waals surface area contributed by atoms with Gasteiger partial charge in [-0.05, 0) is 36.4 Å². The van der Waals surface area contributed by atoms with Crippen LogP contribution >= 0.6 is 0 Å². The molecule has 10 heteroatoms. The lowest BCUT2D eigenvalue weighted by Gasteiger charge is -2.22. The van der Waals surface area contributed by atoms with Crippen LogP contribution in [0.3, 0.4) is 0 Å². The first kappa shape index (κ1) is 22.2. The van der Waals surface area contributed by atoms with Gasteiger partial charge in [-0.15, -0.1) is 13.8 Å². The van der Waals surface area contributed by atoms with Gasteiger partial charge < -0.3 is 9.47 Å². The van der Waals surface area contributed by atoms with Crippen molar-refractivity contribution in [3.63, 3.8) is 0 Å². The van der Waals surface area contributed by atoms with Crippen LogP contribution in [0.4, 0.5) is 5.69 Å². The number of hydrogen-bond acceptors (Lipinski definition) is 8. The van der Waals surface area contributed by atoms with E-state index in [4.69, 9.17) is 13.7 Å². The molecule has 1 aliphatic carbocycles. The van der Waals surface area contributed by atoms with E-state index in [0.29, 0.717) is 11.5 Å². The minimum Gasteiger partial charge on any atom is -0.424 e. The van der Waals surface area contributed by atoms with Crippen molar-refractivity contribution in [2.75, 3.05) is 0 Å². The summed E-state index contributed by atoms with van der Waals surface area (Å²) in [4.78, 5) is 14.8. The number of ether oxygens (including phenoxy) is 2. The molecule has 0 spiro atoms. The second kappa shape index (κ2) is 10.1. The molecule has 1 heterocycles. The summed E-state index contributed by atoms with van der Waals surface area (Å²) in [6.07, 6.45) is 5.44. The largest absolute Gasteiger partial charge is 0.424 e. The van der Waals surface area contributed by atoms with Crippen LogP contribution < -0.4 is 9.47 Å². The van der Waals surface area contributed by atoms with E-state index in [2.05, 4.69) is 13.8 Å². The van der Waals surface area contributed by atoms with Crippen LogP contribution in [0.15, 0.2) is 80.5 Å². The quantitative estimate of drug-likeness (QED) is 0.334. The van der Waals surface area contributed by atoms with Crippen LogP contribution in [0.1, 0.15) is 32.1 Å². The monoisotopic (exact) mass is 478 g/mol. The zero-order valence-electron chi connectivity index (χ0n) is 18.2. The van der Waals surface area contributed by atoms with Crippen LogP contribution in [0.25, 0.3) is 10.8 Å². The number of amidine groups is 2. The van der Waals surface area contributed by atoms with Gasteiger partial charge in [0.15, 0.2) is 11.2 Å². The van der Waals surface area contributed by atoms with Gasteiger partial charge in [-0.1, -0.05) is 55.7 Å². The molecule has 0 aromatic heterocycles. The molecule has 1 fully saturated rings. The number of nitrogens with zero attached hydrogens (tertiary/aromatic N) is 4. The first-order valence-electron chi connectivity index (χ1n) is 11.0. The number of fused-ring (bicyclic) bond motifs is 1. The molecule has 2 aliphatic rings. The molecule has 0 amide bonds. The average Bonchev–Trinajstić information content (AvgIpc) is 2.85. The molecule has 9 nitrogen and oxygen atoms in total. The standard InChI is InChI=1S/C24H22N4O5S/c29-28(30)18-13-15-19(16-14-18)31-23-25-24(27-34(26-23)33-20-9-2-1-3-10-20)32-22-12-6-8-17-7-4-5-11-21(17)22/h4-8,11-16,20H,1-3,9-10H2. The van der Waals surface area contributed by atoms with E-state index in [9.17, 15) is 10.1 Å². The van der Waals surface area contributed by atoms with Crippen LogP contribution in [0.5, 0.6) is 11.5 Å². The summed E-state index contributed by atoms with van der Waals surface area (Å²) in [5.41, 5.74) is -0.0307. The van der Waals surface area contributed by atoms with Gasteiger partial charge in [-0.25, -0.2) is 0 Å². The number of hydrogen-bond donors (Lipinski definition) is 0. The topological polar surface area (TPSA) is 108 Å². The third-order valence-electron chi connectivity index (χ3n) is 5.49. The summed E-state index contributed by atoms with van der Waals surface area (Å²) in [7, 11) is 0. The highest BCUT2D eigenvalue weighted by Crippen LogP contribution is 2.27. The zero-order valence-corrected chi connectivity index (χ0v) is 19.0. The van der Waals surface area contributed by atoms with Crippen molar-refractivity contribution in [1.82, 2.24) is 0 Å². The van der Waals surface area contributed by atoms with Crippen LogP contribution in [0.2, 0.25) is 0 Å². The van der Waals surface area contributed by atoms with Gasteiger partial charge in [0.1, 0.15) is 11.5 Å². The molecule has 1 saturated carbocycles. The van der Waals surface area contributed by atoms with Crippen molar-refractivity contribution in [2.24, 2.45) is 13.8 Å². The van der Waals surface area contributed by atoms with Gasteiger partial charge in [0.2, 0.25) is 0 Å². The van der Waals surface area contributed by atoms with Crippen molar-refractivity contribution in [2.45, 2.75) is 38.2 Å². The fourth-order valence-corrected chi connectivity index (χ4v) is 4.80. The molecule has 3 aromatic rings. The van der Waals surface area contributed by atoms with Crippen LogP contribution in [-0.2, 0) is 15.3 Å². The minimum atomic E-state index is -1.17. The second-order valence-electron chi connectivity index (χ2n) is 7.88. The predicted molar refractivity (Wildman–Crippen MR) is 131 cm³/mol. The van der Waals surface area contributed by atoms with Gasteiger partial charge >= 0.3 is 12.0 Å². The highest BCUT2D eigenvalue weighted by atomic mass is 32.2. The minimum absolute atomic E-state index is 0.0261. The fraction of sp³-hybridized carbons (Fsp3) is 0.250. The van der Waals surface area contributed by atoms with E-state index in [0.717, 1.165) is 36.5 Å². The fourth-order valence-electron chi connectivity index (χ4n) is 3.81. The van der Waals surface area contributed by atoms with Crippen LogP contribution in [-0.4, -0.2) is 23.1 Å². The lowest BCUT2D eigenvalue weighted by atomic mass is 9.98. The molecule has 1 aliphatic heterocycles. The van der Waals surface area contributed by atoms with E-state index in [-0.39, 0.29) is 23.8 Å². The lowest BCUT2D eigenvalue weighted by Crippen LogP contribution is -2.23. The normalized spacial score (nSPS) is 18.5. The van der Waals surface area contributed by atoms with Gasteiger partial charge in [0.05, 0.1) is 11.0 Å². The molecule has 1 unspecified atom stereocenters. The molecule has 5 rings (SSSR count). The number of aliphatic imine (C=N–C) groups is 1. The second-order valence-corrected chi connectivity index (χ2v) is 8.90. The number of nitro groups is 1. The van der Waals surface area contributed by atoms with Crippen molar-refractivity contribution in [1.29, 1.82) is 0 Å². The first-order valence-corrected chi connectivity index (χ1v) is 12.1. The third-order valence-corrected chi connectivity index (χ3v) is 6.55. The van der Waals surface area contributed by atoms with Crippen LogP contribution in [0, 0.1) is 10.1 Å². The molecular weight excluding hydrogens is 456 g/mol. The highest BCUT2D eigenvalue weighted by molar-refractivity contribution is 7.81. The molecule has 1 atom stereocenters. The molecule has 0 saturated heterocycles. The predicted octanol–water partition coefficient (Wildman–Crippen LogP) is 5.91. The molecule has 0 radical (unpaired) electrons. The Hall–Kier alpha value is -3.63. The molecule has 0 bridgehead atoms. The van der Waals surface area contributed by atoms with E-state index in [1.807, 2.05) is 42.5 Å². The Morgan fingerprint density at radius 1 is 0.882 bits per heavy atom. The number of rotatable bonds is 5. The van der Waals surface area contributed by atoms with E-state index in [1.165, 1.54) is 30.7 Å². The van der Waals surface area contributed by atoms with Crippen molar-refractivity contribution in [3.8, 4) is 11.5 Å². The summed E-state index contributed by atoms with van der Waals surface area (Å²) in [6, 6.07) is 19.5.